The number of fused-ring (bicyclic) bond motifs is 1. The standard InChI is InChI=1S/C10H18N2O2S/c13-15(14,7-8-1-2-8)12-5-9-3-11-4-10(9)6-12/h8-11H,1-7H2/t9-,10+. The van der Waals surface area contributed by atoms with Crippen LogP contribution < -0.4 is 5.32 Å². The maximum atomic E-state index is 12.0. The Morgan fingerprint density at radius 2 is 1.73 bits per heavy atom. The molecule has 15 heavy (non-hydrogen) atoms. The molecule has 3 aliphatic rings. The number of nitrogens with one attached hydrogen (secondary N) is 1. The third-order valence-electron chi connectivity index (χ3n) is 3.89. The highest BCUT2D eigenvalue weighted by Crippen LogP contribution is 2.34. The molecule has 2 atom stereocenters. The number of sulfonamides is 1. The number of hydrogen-bond acceptors (Lipinski definition) is 3. The first-order valence-corrected chi connectivity index (χ1v) is 7.44. The summed E-state index contributed by atoms with van der Waals surface area (Å²) >= 11 is 0. The number of rotatable bonds is 3. The van der Waals surface area contributed by atoms with E-state index in [4.69, 9.17) is 0 Å². The van der Waals surface area contributed by atoms with Gasteiger partial charge >= 0.3 is 0 Å². The van der Waals surface area contributed by atoms with Gasteiger partial charge in [0, 0.05) is 13.1 Å². The van der Waals surface area contributed by atoms with Gasteiger partial charge in [-0.2, -0.15) is 0 Å². The molecule has 3 rings (SSSR count). The molecule has 2 saturated heterocycles. The lowest BCUT2D eigenvalue weighted by molar-refractivity contribution is 0.446. The van der Waals surface area contributed by atoms with Crippen LogP contribution in [0.15, 0.2) is 0 Å². The first-order chi connectivity index (χ1) is 7.15. The highest BCUT2D eigenvalue weighted by molar-refractivity contribution is 7.89. The van der Waals surface area contributed by atoms with Crippen molar-refractivity contribution in [3.05, 3.63) is 0 Å². The van der Waals surface area contributed by atoms with E-state index >= 15 is 0 Å². The van der Waals surface area contributed by atoms with Crippen LogP contribution in [0.25, 0.3) is 0 Å². The summed E-state index contributed by atoms with van der Waals surface area (Å²) in [5, 5.41) is 3.33. The minimum atomic E-state index is -2.93. The molecule has 3 fully saturated rings. The van der Waals surface area contributed by atoms with Gasteiger partial charge < -0.3 is 5.32 Å². The molecule has 1 saturated carbocycles. The Morgan fingerprint density at radius 1 is 1.13 bits per heavy atom. The summed E-state index contributed by atoms with van der Waals surface area (Å²) in [4.78, 5) is 0. The first kappa shape index (κ1) is 10.1. The largest absolute Gasteiger partial charge is 0.316 e. The normalized spacial score (nSPS) is 37.1. The molecule has 0 aromatic carbocycles. The molecule has 86 valence electrons. The van der Waals surface area contributed by atoms with Crippen molar-refractivity contribution >= 4 is 10.0 Å². The van der Waals surface area contributed by atoms with Crippen LogP contribution in [0.5, 0.6) is 0 Å². The van der Waals surface area contributed by atoms with E-state index in [-0.39, 0.29) is 0 Å². The van der Waals surface area contributed by atoms with Crippen molar-refractivity contribution in [2.45, 2.75) is 12.8 Å². The van der Waals surface area contributed by atoms with Gasteiger partial charge in [-0.25, -0.2) is 12.7 Å². The Morgan fingerprint density at radius 3 is 2.27 bits per heavy atom. The van der Waals surface area contributed by atoms with Crippen molar-refractivity contribution in [2.75, 3.05) is 31.9 Å². The SMILES string of the molecule is O=S(=O)(CC1CC1)N1C[C@H]2CNC[C@H]2C1. The third-order valence-corrected chi connectivity index (χ3v) is 5.87. The Kier molecular flexibility index (Phi) is 2.30. The molecule has 0 unspecified atom stereocenters. The van der Waals surface area contributed by atoms with E-state index in [1.807, 2.05) is 0 Å². The predicted octanol–water partition coefficient (Wildman–Crippen LogP) is -0.123. The van der Waals surface area contributed by atoms with Gasteiger partial charge in [-0.05, 0) is 43.7 Å². The van der Waals surface area contributed by atoms with E-state index in [0.29, 0.717) is 23.5 Å². The van der Waals surface area contributed by atoms with Gasteiger partial charge in [-0.3, -0.25) is 0 Å². The minimum Gasteiger partial charge on any atom is -0.316 e. The molecule has 1 N–H and O–H groups in total. The summed E-state index contributed by atoms with van der Waals surface area (Å²) in [6, 6.07) is 0. The summed E-state index contributed by atoms with van der Waals surface area (Å²) < 4.78 is 25.8. The highest BCUT2D eigenvalue weighted by Gasteiger charge is 2.42. The molecule has 1 aliphatic carbocycles. The maximum Gasteiger partial charge on any atom is 0.214 e. The Bertz CT molecular complexity index is 338. The molecule has 0 aromatic rings. The minimum absolute atomic E-state index is 0.403. The van der Waals surface area contributed by atoms with Crippen LogP contribution in [0, 0.1) is 17.8 Å². The van der Waals surface area contributed by atoms with Gasteiger partial charge in [0.15, 0.2) is 0 Å². The maximum absolute atomic E-state index is 12.0. The fourth-order valence-corrected chi connectivity index (χ4v) is 4.70. The molecule has 2 heterocycles. The van der Waals surface area contributed by atoms with Crippen molar-refractivity contribution in [3.63, 3.8) is 0 Å². The van der Waals surface area contributed by atoms with E-state index in [1.165, 1.54) is 0 Å². The van der Waals surface area contributed by atoms with Crippen molar-refractivity contribution < 1.29 is 8.42 Å². The quantitative estimate of drug-likeness (QED) is 0.735. The lowest BCUT2D eigenvalue weighted by Gasteiger charge is -2.16. The van der Waals surface area contributed by atoms with Crippen LogP contribution in [-0.4, -0.2) is 44.7 Å². The summed E-state index contributed by atoms with van der Waals surface area (Å²) in [5.74, 6) is 2.01. The second-order valence-electron chi connectivity index (χ2n) is 5.22. The van der Waals surface area contributed by atoms with E-state index in [9.17, 15) is 8.42 Å². The van der Waals surface area contributed by atoms with Crippen LogP contribution in [0.3, 0.4) is 0 Å². The van der Waals surface area contributed by atoms with E-state index < -0.39 is 10.0 Å². The first-order valence-electron chi connectivity index (χ1n) is 5.84. The van der Waals surface area contributed by atoms with Gasteiger partial charge in [-0.15, -0.1) is 0 Å². The molecule has 0 aromatic heterocycles. The van der Waals surface area contributed by atoms with Gasteiger partial charge in [-0.1, -0.05) is 0 Å². The average Bonchev–Trinajstić information content (AvgIpc) is 2.72. The molecule has 5 heteroatoms. The topological polar surface area (TPSA) is 49.4 Å². The molecular formula is C10H18N2O2S. The summed E-state index contributed by atoms with van der Waals surface area (Å²) in [5.41, 5.74) is 0. The van der Waals surface area contributed by atoms with Gasteiger partial charge in [0.1, 0.15) is 0 Å². The van der Waals surface area contributed by atoms with E-state index in [1.54, 1.807) is 4.31 Å². The van der Waals surface area contributed by atoms with Crippen molar-refractivity contribution in [3.8, 4) is 0 Å². The summed E-state index contributed by atoms with van der Waals surface area (Å²) in [7, 11) is -2.93. The lowest BCUT2D eigenvalue weighted by Crippen LogP contribution is -2.34. The van der Waals surface area contributed by atoms with Crippen molar-refractivity contribution in [2.24, 2.45) is 17.8 Å². The molecule has 0 spiro atoms. The third kappa shape index (κ3) is 1.92. The molecular weight excluding hydrogens is 212 g/mol. The molecule has 0 radical (unpaired) electrons. The highest BCUT2D eigenvalue weighted by atomic mass is 32.2. The second kappa shape index (κ2) is 3.43. The molecule has 4 nitrogen and oxygen atoms in total. The number of nitrogens with zero attached hydrogens (tertiary/aromatic N) is 1. The van der Waals surface area contributed by atoms with Crippen LogP contribution >= 0.6 is 0 Å². The second-order valence-corrected chi connectivity index (χ2v) is 7.23. The predicted molar refractivity (Wildman–Crippen MR) is 57.9 cm³/mol. The molecule has 0 bridgehead atoms. The lowest BCUT2D eigenvalue weighted by atomic mass is 10.0. The fraction of sp³-hybridized carbons (Fsp3) is 1.00. The fourth-order valence-electron chi connectivity index (χ4n) is 2.73. The van der Waals surface area contributed by atoms with Crippen LogP contribution in [0.4, 0.5) is 0 Å². The van der Waals surface area contributed by atoms with E-state index in [2.05, 4.69) is 5.32 Å². The Hall–Kier alpha value is -0.130. The van der Waals surface area contributed by atoms with Crippen molar-refractivity contribution in [1.82, 2.24) is 9.62 Å². The van der Waals surface area contributed by atoms with Gasteiger partial charge in [0.05, 0.1) is 5.75 Å². The average molecular weight is 230 g/mol. The molecule has 2 aliphatic heterocycles. The Balaban J connectivity index is 1.67. The van der Waals surface area contributed by atoms with Crippen LogP contribution in [-0.2, 0) is 10.0 Å². The van der Waals surface area contributed by atoms with Gasteiger partial charge in [0.25, 0.3) is 0 Å². The zero-order valence-electron chi connectivity index (χ0n) is 8.85. The van der Waals surface area contributed by atoms with Crippen molar-refractivity contribution in [1.29, 1.82) is 0 Å². The zero-order chi connectivity index (χ0) is 10.5. The summed E-state index contributed by atoms with van der Waals surface area (Å²) in [6.07, 6.45) is 2.23. The van der Waals surface area contributed by atoms with E-state index in [0.717, 1.165) is 39.0 Å². The van der Waals surface area contributed by atoms with Crippen LogP contribution in [0.2, 0.25) is 0 Å². The summed E-state index contributed by atoms with van der Waals surface area (Å²) in [6.45, 7) is 3.51. The van der Waals surface area contributed by atoms with Gasteiger partial charge in [0.2, 0.25) is 10.0 Å². The smallest absolute Gasteiger partial charge is 0.214 e. The van der Waals surface area contributed by atoms with Crippen LogP contribution in [0.1, 0.15) is 12.8 Å². The Labute approximate surface area is 91.1 Å². The molecule has 0 amide bonds. The number of hydrogen-bond donors (Lipinski definition) is 1. The monoisotopic (exact) mass is 230 g/mol. The zero-order valence-corrected chi connectivity index (χ0v) is 9.67.